The molecule has 3 aliphatic heterocycles. The number of amides is 1. The zero-order chi connectivity index (χ0) is 78.8. The van der Waals surface area contributed by atoms with E-state index in [1.807, 2.05) is 6.08 Å². The summed E-state index contributed by atoms with van der Waals surface area (Å²) in [5.74, 6) is -0.283. The van der Waals surface area contributed by atoms with Crippen LogP contribution in [0.4, 0.5) is 0 Å². The molecule has 19 heteroatoms. The van der Waals surface area contributed by atoms with Crippen LogP contribution in [-0.4, -0.2) is 193 Å². The second-order valence-electron chi connectivity index (χ2n) is 32.4. The summed E-state index contributed by atoms with van der Waals surface area (Å²) in [5.41, 5.74) is 0. The minimum absolute atomic E-state index is 0.235. The van der Waals surface area contributed by atoms with Crippen molar-refractivity contribution in [3.05, 3.63) is 48.6 Å². The van der Waals surface area contributed by atoms with Crippen LogP contribution in [-0.2, 0) is 33.2 Å². The zero-order valence-electron chi connectivity index (χ0n) is 69.1. The maximum Gasteiger partial charge on any atom is 0.220 e. The van der Waals surface area contributed by atoms with E-state index in [9.17, 15) is 61.0 Å². The molecular formula is C90H167NO18. The second-order valence-corrected chi connectivity index (χ2v) is 32.4. The predicted octanol–water partition coefficient (Wildman–Crippen LogP) is 17.2. The number of ether oxygens (including phenoxy) is 6. The van der Waals surface area contributed by atoms with E-state index in [1.54, 1.807) is 6.08 Å². The molecule has 19 nitrogen and oxygen atoms in total. The number of rotatable bonds is 74. The van der Waals surface area contributed by atoms with Crippen LogP contribution in [0.15, 0.2) is 48.6 Å². The van der Waals surface area contributed by atoms with Crippen molar-refractivity contribution in [2.75, 3.05) is 26.4 Å². The molecule has 0 radical (unpaired) electrons. The fourth-order valence-electron chi connectivity index (χ4n) is 15.3. The standard InChI is InChI=1S/C90H167NO18/c1-3-5-7-9-11-13-15-17-19-21-23-25-27-29-31-33-35-36-38-39-41-43-45-47-49-51-53-55-57-59-61-63-65-67-74(95)73(91-78(96)68-66-64-62-60-58-56-54-52-50-48-46-44-42-40-37-34-32-30-28-26-24-22-20-18-16-14-12-10-8-6-4-2)72-104-88-84(102)81(99)86(76(70-93)106-88)109-90-85(103)82(100)87(77(71-94)107-90)108-89-83(101)80(98)79(97)75(69-92)105-89/h22,24,49,51,57,59,65,67,73-77,79-90,92-95,97-103H,3-21,23,25-48,50,52-56,58,60-64,66,68-72H2,1-2H3,(H,91,96)/b24-22-,51-49+,59-57+,67-65+. The average Bonchev–Trinajstić information content (AvgIpc) is 0.782. The van der Waals surface area contributed by atoms with E-state index in [1.165, 1.54) is 308 Å². The lowest BCUT2D eigenvalue weighted by atomic mass is 9.96. The summed E-state index contributed by atoms with van der Waals surface area (Å²) in [6, 6.07) is -0.999. The van der Waals surface area contributed by atoms with Crippen molar-refractivity contribution >= 4 is 5.91 Å². The smallest absolute Gasteiger partial charge is 0.220 e. The van der Waals surface area contributed by atoms with Gasteiger partial charge in [0.15, 0.2) is 18.9 Å². The van der Waals surface area contributed by atoms with Crippen LogP contribution >= 0.6 is 0 Å². The van der Waals surface area contributed by atoms with Crippen LogP contribution in [0.5, 0.6) is 0 Å². The van der Waals surface area contributed by atoms with E-state index < -0.39 is 124 Å². The van der Waals surface area contributed by atoms with Crippen molar-refractivity contribution in [1.29, 1.82) is 0 Å². The lowest BCUT2D eigenvalue weighted by Gasteiger charge is -2.48. The molecule has 17 atom stereocenters. The van der Waals surface area contributed by atoms with Gasteiger partial charge in [0.2, 0.25) is 5.91 Å². The molecule has 12 N–H and O–H groups in total. The van der Waals surface area contributed by atoms with Crippen LogP contribution in [0.2, 0.25) is 0 Å². The molecule has 109 heavy (non-hydrogen) atoms. The van der Waals surface area contributed by atoms with E-state index in [0.29, 0.717) is 12.8 Å². The quantitative estimate of drug-likeness (QED) is 0.0199. The number of aliphatic hydroxyl groups excluding tert-OH is 11. The third kappa shape index (κ3) is 48.8. The van der Waals surface area contributed by atoms with Crippen LogP contribution in [0.25, 0.3) is 0 Å². The molecule has 1 amide bonds. The molecule has 0 bridgehead atoms. The monoisotopic (exact) mass is 1550 g/mol. The van der Waals surface area contributed by atoms with Gasteiger partial charge in [-0.3, -0.25) is 4.79 Å². The highest BCUT2D eigenvalue weighted by Gasteiger charge is 2.54. The molecule has 0 spiro atoms. The van der Waals surface area contributed by atoms with Gasteiger partial charge < -0.3 is 89.9 Å². The van der Waals surface area contributed by atoms with E-state index in [2.05, 4.69) is 55.6 Å². The summed E-state index contributed by atoms with van der Waals surface area (Å²) in [7, 11) is 0. The second kappa shape index (κ2) is 70.0. The molecule has 3 aliphatic rings. The number of carbonyl (C=O) groups is 1. The Morgan fingerprint density at radius 1 is 0.321 bits per heavy atom. The van der Waals surface area contributed by atoms with Gasteiger partial charge in [-0.25, -0.2) is 0 Å². The molecule has 0 saturated carbocycles. The van der Waals surface area contributed by atoms with Gasteiger partial charge in [-0.05, 0) is 70.6 Å². The van der Waals surface area contributed by atoms with E-state index in [0.717, 1.165) is 44.9 Å². The van der Waals surface area contributed by atoms with Gasteiger partial charge in [-0.15, -0.1) is 0 Å². The van der Waals surface area contributed by atoms with Crippen molar-refractivity contribution in [3.63, 3.8) is 0 Å². The van der Waals surface area contributed by atoms with Gasteiger partial charge in [0.1, 0.15) is 73.2 Å². The third-order valence-electron chi connectivity index (χ3n) is 22.6. The molecule has 0 aliphatic carbocycles. The van der Waals surface area contributed by atoms with Gasteiger partial charge in [-0.1, -0.05) is 358 Å². The first kappa shape index (κ1) is 101. The summed E-state index contributed by atoms with van der Waals surface area (Å²) in [4.78, 5) is 13.5. The molecule has 640 valence electrons. The molecule has 17 unspecified atom stereocenters. The number of nitrogens with one attached hydrogen (secondary N) is 1. The van der Waals surface area contributed by atoms with Gasteiger partial charge in [-0.2, -0.15) is 0 Å². The third-order valence-corrected chi connectivity index (χ3v) is 22.6. The molecule has 0 aromatic rings. The number of unbranched alkanes of at least 4 members (excludes halogenated alkanes) is 52. The van der Waals surface area contributed by atoms with Gasteiger partial charge in [0.05, 0.1) is 38.6 Å². The van der Waals surface area contributed by atoms with Gasteiger partial charge in [0.25, 0.3) is 0 Å². The van der Waals surface area contributed by atoms with Gasteiger partial charge in [0, 0.05) is 6.42 Å². The van der Waals surface area contributed by atoms with Crippen LogP contribution in [0.1, 0.15) is 386 Å². The molecule has 3 saturated heterocycles. The molecular weight excluding hydrogens is 1380 g/mol. The van der Waals surface area contributed by atoms with Crippen molar-refractivity contribution < 1.29 is 89.4 Å². The number of hydrogen-bond donors (Lipinski definition) is 12. The first-order chi connectivity index (χ1) is 53.3. The average molecular weight is 1550 g/mol. The number of aliphatic hydroxyl groups is 11. The van der Waals surface area contributed by atoms with Crippen LogP contribution in [0, 0.1) is 0 Å². The summed E-state index contributed by atoms with van der Waals surface area (Å²) >= 11 is 0. The largest absolute Gasteiger partial charge is 0.394 e. The Balaban J connectivity index is 1.34. The van der Waals surface area contributed by atoms with E-state index in [4.69, 9.17) is 28.4 Å². The molecule has 3 fully saturated rings. The number of hydrogen-bond acceptors (Lipinski definition) is 18. The molecule has 3 heterocycles. The van der Waals surface area contributed by atoms with Crippen molar-refractivity contribution in [1.82, 2.24) is 5.32 Å². The number of carbonyl (C=O) groups excluding carboxylic acids is 1. The Morgan fingerprint density at radius 2 is 0.587 bits per heavy atom. The lowest BCUT2D eigenvalue weighted by Crippen LogP contribution is -2.66. The Labute approximate surface area is 663 Å². The highest BCUT2D eigenvalue weighted by Crippen LogP contribution is 2.34. The van der Waals surface area contributed by atoms with Crippen molar-refractivity contribution in [3.8, 4) is 0 Å². The Bertz CT molecular complexity index is 2150. The summed E-state index contributed by atoms with van der Waals surface area (Å²) in [6.07, 6.45) is 64.2. The normalized spacial score (nSPS) is 25.5. The van der Waals surface area contributed by atoms with Crippen molar-refractivity contribution in [2.45, 2.75) is 491 Å². The minimum atomic E-state index is -1.98. The minimum Gasteiger partial charge on any atom is -0.394 e. The molecule has 3 rings (SSSR count). The van der Waals surface area contributed by atoms with Crippen LogP contribution < -0.4 is 5.32 Å². The lowest BCUT2D eigenvalue weighted by molar-refractivity contribution is -0.379. The highest BCUT2D eigenvalue weighted by molar-refractivity contribution is 5.76. The summed E-state index contributed by atoms with van der Waals surface area (Å²) in [5, 5.41) is 121. The Morgan fingerprint density at radius 3 is 0.917 bits per heavy atom. The Kier molecular flexibility index (Phi) is 64.8. The summed E-state index contributed by atoms with van der Waals surface area (Å²) < 4.78 is 34.5. The fraction of sp³-hybridized carbons (Fsp3) is 0.900. The van der Waals surface area contributed by atoms with E-state index in [-0.39, 0.29) is 18.9 Å². The Hall–Kier alpha value is -2.25. The maximum absolute atomic E-state index is 13.5. The fourth-order valence-corrected chi connectivity index (χ4v) is 15.3. The molecule has 0 aromatic carbocycles. The van der Waals surface area contributed by atoms with Crippen LogP contribution in [0.3, 0.4) is 0 Å². The number of allylic oxidation sites excluding steroid dienone is 7. The van der Waals surface area contributed by atoms with Crippen molar-refractivity contribution in [2.24, 2.45) is 0 Å². The topological polar surface area (TPSA) is 307 Å². The van der Waals surface area contributed by atoms with E-state index >= 15 is 0 Å². The zero-order valence-corrected chi connectivity index (χ0v) is 69.1. The first-order valence-electron chi connectivity index (χ1n) is 45.4. The predicted molar refractivity (Wildman–Crippen MR) is 439 cm³/mol. The summed E-state index contributed by atoms with van der Waals surface area (Å²) in [6.45, 7) is 1.77. The maximum atomic E-state index is 13.5. The van der Waals surface area contributed by atoms with Gasteiger partial charge >= 0.3 is 0 Å². The first-order valence-corrected chi connectivity index (χ1v) is 45.4. The highest BCUT2D eigenvalue weighted by atomic mass is 16.8. The molecule has 0 aromatic heterocycles. The SMILES string of the molecule is CCCCCCCCCC/C=C\CCCCCCCCCCCCCCCCCCCCCC(=O)NC(COC1OC(CO)C(OC2OC(CO)C(OC3OC(CO)C(O)C(O)C3O)C(O)C2O)C(O)C1O)C(O)/C=C/CC/C=C/CC/C=C/CCCCCCCCCCCCCCCCCCCCCCCCC.